The van der Waals surface area contributed by atoms with Crippen LogP contribution in [0.25, 0.3) is 10.8 Å². The lowest BCUT2D eigenvalue weighted by atomic mass is 9.58. The smallest absolute Gasteiger partial charge is 0.420 e. The minimum Gasteiger partial charge on any atom is -0.490 e. The van der Waals surface area contributed by atoms with Gasteiger partial charge in [-0.15, -0.1) is 0 Å². The molecule has 2 fully saturated rings. The van der Waals surface area contributed by atoms with Crippen LogP contribution in [0.5, 0.6) is 5.75 Å². The third kappa shape index (κ3) is 4.77. The first kappa shape index (κ1) is 24.8. The van der Waals surface area contributed by atoms with Crippen LogP contribution < -0.4 is 10.1 Å². The number of ether oxygens (including phenoxy) is 1. The Morgan fingerprint density at radius 3 is 2.38 bits per heavy atom. The van der Waals surface area contributed by atoms with E-state index in [9.17, 15) is 23.1 Å². The molecule has 34 heavy (non-hydrogen) atoms. The second-order valence-corrected chi connectivity index (χ2v) is 10.8. The zero-order valence-corrected chi connectivity index (χ0v) is 20.2. The highest BCUT2D eigenvalue weighted by Gasteiger charge is 2.52. The summed E-state index contributed by atoms with van der Waals surface area (Å²) in [7, 11) is 0. The molecule has 7 heteroatoms. The first-order chi connectivity index (χ1) is 15.9. The number of carboxylic acids is 1. The molecule has 0 heterocycles. The van der Waals surface area contributed by atoms with Crippen molar-refractivity contribution in [3.63, 3.8) is 0 Å². The molecule has 2 N–H and O–H groups in total. The van der Waals surface area contributed by atoms with Gasteiger partial charge in [0.2, 0.25) is 0 Å². The second-order valence-electron chi connectivity index (χ2n) is 10.8. The molecule has 2 aliphatic carbocycles. The number of alkyl halides is 3. The topological polar surface area (TPSA) is 58.6 Å². The van der Waals surface area contributed by atoms with Gasteiger partial charge in [-0.05, 0) is 78.8 Å². The third-order valence-corrected chi connectivity index (χ3v) is 8.06. The lowest BCUT2D eigenvalue weighted by molar-refractivity contribution is -0.155. The van der Waals surface area contributed by atoms with Gasteiger partial charge in [-0.3, -0.25) is 4.79 Å². The van der Waals surface area contributed by atoms with E-state index in [4.69, 9.17) is 4.74 Å². The monoisotopic (exact) mass is 477 g/mol. The van der Waals surface area contributed by atoms with E-state index in [-0.39, 0.29) is 29.3 Å². The molecule has 0 saturated heterocycles. The Kier molecular flexibility index (Phi) is 6.62. The van der Waals surface area contributed by atoms with E-state index in [0.29, 0.717) is 17.7 Å². The molecule has 2 aromatic carbocycles. The number of fused-ring (bicyclic) bond motifs is 1. The van der Waals surface area contributed by atoms with Crippen molar-refractivity contribution in [1.29, 1.82) is 0 Å². The van der Waals surface area contributed by atoms with Gasteiger partial charge in [-0.2, -0.15) is 13.2 Å². The molecule has 186 valence electrons. The molecule has 0 unspecified atom stereocenters. The predicted octanol–water partition coefficient (Wildman–Crippen LogP) is 6.97. The van der Waals surface area contributed by atoms with Gasteiger partial charge in [0.1, 0.15) is 11.3 Å². The number of carbonyl (C=O) groups is 1. The van der Waals surface area contributed by atoms with Crippen molar-refractivity contribution in [1.82, 2.24) is 5.32 Å². The highest BCUT2D eigenvalue weighted by molar-refractivity contribution is 5.89. The Hall–Kier alpha value is -2.28. The number of benzene rings is 2. The summed E-state index contributed by atoms with van der Waals surface area (Å²) in [4.78, 5) is 11.4. The van der Waals surface area contributed by atoms with Crippen molar-refractivity contribution in [2.75, 3.05) is 0 Å². The molecule has 4 nitrogen and oxygen atoms in total. The van der Waals surface area contributed by atoms with Crippen molar-refractivity contribution in [2.24, 2.45) is 17.3 Å². The van der Waals surface area contributed by atoms with E-state index >= 15 is 0 Å². The third-order valence-electron chi connectivity index (χ3n) is 8.06. The van der Waals surface area contributed by atoms with Crippen molar-refractivity contribution in [3.8, 4) is 5.75 Å². The van der Waals surface area contributed by atoms with E-state index in [1.807, 2.05) is 26.8 Å². The van der Waals surface area contributed by atoms with Crippen molar-refractivity contribution in [2.45, 2.75) is 84.2 Å². The van der Waals surface area contributed by atoms with Gasteiger partial charge in [-0.25, -0.2) is 0 Å². The molecule has 0 aromatic heterocycles. The van der Waals surface area contributed by atoms with Gasteiger partial charge in [0, 0.05) is 12.1 Å². The summed E-state index contributed by atoms with van der Waals surface area (Å²) in [6, 6.07) is 8.05. The van der Waals surface area contributed by atoms with Crippen LogP contribution in [0.3, 0.4) is 0 Å². The molecule has 0 aliphatic heterocycles. The summed E-state index contributed by atoms with van der Waals surface area (Å²) in [6.07, 6.45) is -0.761. The number of hydrogen-bond acceptors (Lipinski definition) is 3. The highest BCUT2D eigenvalue weighted by Crippen LogP contribution is 2.47. The Labute approximate surface area is 198 Å². The molecule has 2 aliphatic rings. The van der Waals surface area contributed by atoms with Crippen LogP contribution in [0.2, 0.25) is 0 Å². The maximum Gasteiger partial charge on any atom is 0.420 e. The van der Waals surface area contributed by atoms with Gasteiger partial charge >= 0.3 is 12.1 Å². The molecular formula is C27H34F3NO3. The number of hydrogen-bond donors (Lipinski definition) is 2. The standard InChI is InChI=1S/C27H34F3NO3/c1-15-5-10-19(11-6-15)34-22-12-9-17-7-8-18(13-20(17)24(22)27(28,29)30)16(2)31-23-14-21(25(32)33)26(23,3)4/h7-9,12-13,15-16,19,21,23,31H,5-6,10-11,14H2,1-4H3,(H,32,33)/t15?,16-,19?,21-,23+/m1/s1. The van der Waals surface area contributed by atoms with Crippen molar-refractivity contribution >= 4 is 16.7 Å². The number of rotatable bonds is 6. The molecular weight excluding hydrogens is 443 g/mol. The van der Waals surface area contributed by atoms with Gasteiger partial charge in [0.25, 0.3) is 0 Å². The van der Waals surface area contributed by atoms with Crippen LogP contribution in [0, 0.1) is 17.3 Å². The van der Waals surface area contributed by atoms with Crippen LogP contribution >= 0.6 is 0 Å². The summed E-state index contributed by atoms with van der Waals surface area (Å²) < 4.78 is 48.7. The SMILES string of the molecule is CC1CCC(Oc2ccc3ccc([C@@H](C)N[C@H]4C[C@H](C(=O)O)C4(C)C)cc3c2C(F)(F)F)CC1. The fourth-order valence-corrected chi connectivity index (χ4v) is 5.53. The minimum absolute atomic E-state index is 0.0234. The Morgan fingerprint density at radius 2 is 1.79 bits per heavy atom. The predicted molar refractivity (Wildman–Crippen MR) is 126 cm³/mol. The Morgan fingerprint density at radius 1 is 1.15 bits per heavy atom. The van der Waals surface area contributed by atoms with E-state index in [0.717, 1.165) is 31.2 Å². The second kappa shape index (κ2) is 9.06. The van der Waals surface area contributed by atoms with Gasteiger partial charge in [0.15, 0.2) is 0 Å². The van der Waals surface area contributed by atoms with Gasteiger partial charge < -0.3 is 15.2 Å². The first-order valence-electron chi connectivity index (χ1n) is 12.2. The molecule has 0 bridgehead atoms. The number of halogens is 3. The van der Waals surface area contributed by atoms with Crippen molar-refractivity contribution in [3.05, 3.63) is 41.5 Å². The molecule has 3 atom stereocenters. The molecule has 0 amide bonds. The fraction of sp³-hybridized carbons (Fsp3) is 0.593. The van der Waals surface area contributed by atoms with Crippen LogP contribution in [0.4, 0.5) is 13.2 Å². The van der Waals surface area contributed by atoms with E-state index in [1.165, 1.54) is 6.07 Å². The van der Waals surface area contributed by atoms with Crippen LogP contribution in [0.1, 0.15) is 77.0 Å². The quantitative estimate of drug-likeness (QED) is 0.472. The largest absolute Gasteiger partial charge is 0.490 e. The van der Waals surface area contributed by atoms with Gasteiger partial charge in [-0.1, -0.05) is 39.0 Å². The lowest BCUT2D eigenvalue weighted by Gasteiger charge is -2.51. The number of aliphatic carboxylic acids is 1. The van der Waals surface area contributed by atoms with Crippen LogP contribution in [-0.4, -0.2) is 23.2 Å². The normalized spacial score (nSPS) is 27.7. The zero-order chi connectivity index (χ0) is 24.8. The Bertz CT molecular complexity index is 1060. The molecule has 2 aromatic rings. The lowest BCUT2D eigenvalue weighted by Crippen LogP contribution is -2.59. The first-order valence-corrected chi connectivity index (χ1v) is 12.2. The summed E-state index contributed by atoms with van der Waals surface area (Å²) in [5.74, 6) is -0.743. The minimum atomic E-state index is -4.54. The van der Waals surface area contributed by atoms with Crippen molar-refractivity contribution < 1.29 is 27.8 Å². The average molecular weight is 478 g/mol. The number of carboxylic acid groups (broad SMARTS) is 1. The van der Waals surface area contributed by atoms with Crippen LogP contribution in [0.15, 0.2) is 30.3 Å². The maximum absolute atomic E-state index is 14.3. The Balaban J connectivity index is 1.62. The average Bonchev–Trinajstić information content (AvgIpc) is 2.76. The molecule has 2 saturated carbocycles. The zero-order valence-electron chi connectivity index (χ0n) is 20.2. The number of nitrogens with one attached hydrogen (secondary N) is 1. The fourth-order valence-electron chi connectivity index (χ4n) is 5.53. The highest BCUT2D eigenvalue weighted by atomic mass is 19.4. The summed E-state index contributed by atoms with van der Waals surface area (Å²) in [6.45, 7) is 7.90. The van der Waals surface area contributed by atoms with Gasteiger partial charge in [0.05, 0.1) is 12.0 Å². The van der Waals surface area contributed by atoms with E-state index < -0.39 is 29.0 Å². The molecule has 0 radical (unpaired) electrons. The molecule has 0 spiro atoms. The maximum atomic E-state index is 14.3. The van der Waals surface area contributed by atoms with Crippen LogP contribution in [-0.2, 0) is 11.0 Å². The van der Waals surface area contributed by atoms with E-state index in [2.05, 4.69) is 12.2 Å². The summed E-state index contributed by atoms with van der Waals surface area (Å²) in [5, 5.41) is 13.5. The van der Waals surface area contributed by atoms with E-state index in [1.54, 1.807) is 18.2 Å². The molecule has 4 rings (SSSR count). The summed E-state index contributed by atoms with van der Waals surface area (Å²) in [5.41, 5.74) is -0.407. The summed E-state index contributed by atoms with van der Waals surface area (Å²) >= 11 is 0.